The van der Waals surface area contributed by atoms with Crippen LogP contribution in [-0.2, 0) is 14.3 Å². The summed E-state index contributed by atoms with van der Waals surface area (Å²) in [4.78, 5) is 36.3. The Morgan fingerprint density at radius 2 is 1.69 bits per heavy atom. The molecule has 2 aromatic rings. The Morgan fingerprint density at radius 1 is 1.03 bits per heavy atom. The lowest BCUT2D eigenvalue weighted by atomic mass is 9.98. The molecule has 0 saturated heterocycles. The average molecular weight is 479 g/mol. The Labute approximate surface area is 206 Å². The molecule has 3 N–H and O–H groups in total. The van der Waals surface area contributed by atoms with Gasteiger partial charge >= 0.3 is 12.1 Å². The van der Waals surface area contributed by atoms with Gasteiger partial charge in [-0.1, -0.05) is 68.3 Å². The van der Waals surface area contributed by atoms with Crippen molar-refractivity contribution >= 4 is 18.0 Å². The summed E-state index contributed by atoms with van der Waals surface area (Å²) in [6, 6.07) is 15.6. The third kappa shape index (κ3) is 6.02. The molecular formula is C28H34N2O5. The summed E-state index contributed by atoms with van der Waals surface area (Å²) in [6.07, 6.45) is 4.19. The Kier molecular flexibility index (Phi) is 8.06. The summed E-state index contributed by atoms with van der Waals surface area (Å²) in [5, 5.41) is 14.9. The standard InChI is InChI=1S/C28H34N2O5/c1-2-3-12-25(27(32)33)30-26(31)16-18-13-14-19(15-18)29-28(34)35-17-24-22-10-6-4-8-20(22)21-9-5-7-11-23(21)24/h4-11,18-19,24-25H,2-3,12-17H2,1H3,(H,29,34)(H,30,31)(H,32,33)/t18?,19?,25-/m0/s1. The molecule has 2 unspecified atom stereocenters. The number of carbonyl (C=O) groups is 3. The van der Waals surface area contributed by atoms with Crippen LogP contribution in [0.1, 0.15) is 68.9 Å². The third-order valence-corrected chi connectivity index (χ3v) is 7.16. The number of hydrogen-bond donors (Lipinski definition) is 3. The summed E-state index contributed by atoms with van der Waals surface area (Å²) < 4.78 is 5.64. The molecule has 3 atom stereocenters. The van der Waals surface area contributed by atoms with Crippen LogP contribution in [0.5, 0.6) is 0 Å². The van der Waals surface area contributed by atoms with Crippen LogP contribution in [0.4, 0.5) is 4.79 Å². The lowest BCUT2D eigenvalue weighted by Gasteiger charge is -2.18. The van der Waals surface area contributed by atoms with E-state index >= 15 is 0 Å². The third-order valence-electron chi connectivity index (χ3n) is 7.16. The summed E-state index contributed by atoms with van der Waals surface area (Å²) in [6.45, 7) is 2.26. The number of unbranched alkanes of at least 4 members (excludes halogenated alkanes) is 1. The van der Waals surface area contributed by atoms with Crippen molar-refractivity contribution in [2.45, 2.75) is 69.9 Å². The van der Waals surface area contributed by atoms with Gasteiger partial charge in [0.1, 0.15) is 12.6 Å². The first kappa shape index (κ1) is 24.8. The second-order valence-electron chi connectivity index (χ2n) is 9.65. The second kappa shape index (κ2) is 11.4. The number of carbonyl (C=O) groups excluding carboxylic acids is 2. The molecule has 186 valence electrons. The minimum Gasteiger partial charge on any atom is -0.480 e. The topological polar surface area (TPSA) is 105 Å². The molecule has 2 aliphatic rings. The predicted molar refractivity (Wildman–Crippen MR) is 133 cm³/mol. The second-order valence-corrected chi connectivity index (χ2v) is 9.65. The van der Waals surface area contributed by atoms with Gasteiger partial charge < -0.3 is 20.5 Å². The van der Waals surface area contributed by atoms with Crippen LogP contribution in [0, 0.1) is 5.92 Å². The van der Waals surface area contributed by atoms with Crippen LogP contribution < -0.4 is 10.6 Å². The Bertz CT molecular complexity index is 1020. The number of nitrogens with one attached hydrogen (secondary N) is 2. The lowest BCUT2D eigenvalue weighted by molar-refractivity contribution is -0.142. The fraction of sp³-hybridized carbons (Fsp3) is 0.464. The highest BCUT2D eigenvalue weighted by Gasteiger charge is 2.31. The van der Waals surface area contributed by atoms with E-state index in [1.54, 1.807) is 0 Å². The van der Waals surface area contributed by atoms with E-state index in [4.69, 9.17) is 4.74 Å². The summed E-state index contributed by atoms with van der Waals surface area (Å²) in [7, 11) is 0. The van der Waals surface area contributed by atoms with Crippen molar-refractivity contribution in [3.05, 3.63) is 59.7 Å². The lowest BCUT2D eigenvalue weighted by Crippen LogP contribution is -2.41. The number of aliphatic carboxylic acids is 1. The van der Waals surface area contributed by atoms with Gasteiger partial charge in [0.25, 0.3) is 0 Å². The number of benzene rings is 2. The largest absolute Gasteiger partial charge is 0.480 e. The van der Waals surface area contributed by atoms with Gasteiger partial charge in [-0.25, -0.2) is 9.59 Å². The Morgan fingerprint density at radius 3 is 2.31 bits per heavy atom. The van der Waals surface area contributed by atoms with E-state index in [0.29, 0.717) is 12.8 Å². The van der Waals surface area contributed by atoms with E-state index in [-0.39, 0.29) is 36.8 Å². The first-order chi connectivity index (χ1) is 17.0. The average Bonchev–Trinajstić information content (AvgIpc) is 3.41. The number of carboxylic acid groups (broad SMARTS) is 1. The zero-order valence-corrected chi connectivity index (χ0v) is 20.2. The number of ether oxygens (including phenoxy) is 1. The number of carboxylic acids is 1. The zero-order chi connectivity index (χ0) is 24.8. The van der Waals surface area contributed by atoms with Gasteiger partial charge in [-0.2, -0.15) is 0 Å². The maximum absolute atomic E-state index is 12.6. The van der Waals surface area contributed by atoms with Crippen molar-refractivity contribution < 1.29 is 24.2 Å². The van der Waals surface area contributed by atoms with Gasteiger partial charge in [-0.05, 0) is 53.9 Å². The summed E-state index contributed by atoms with van der Waals surface area (Å²) in [5.41, 5.74) is 4.72. The maximum Gasteiger partial charge on any atom is 0.407 e. The van der Waals surface area contributed by atoms with Gasteiger partial charge in [0.15, 0.2) is 0 Å². The zero-order valence-electron chi connectivity index (χ0n) is 20.2. The van der Waals surface area contributed by atoms with Crippen molar-refractivity contribution in [1.29, 1.82) is 0 Å². The van der Waals surface area contributed by atoms with E-state index in [1.807, 2.05) is 31.2 Å². The smallest absolute Gasteiger partial charge is 0.407 e. The summed E-state index contributed by atoms with van der Waals surface area (Å²) in [5.74, 6) is -1.09. The van der Waals surface area contributed by atoms with E-state index in [0.717, 1.165) is 25.7 Å². The van der Waals surface area contributed by atoms with Crippen molar-refractivity contribution in [3.8, 4) is 11.1 Å². The van der Waals surface area contributed by atoms with Crippen LogP contribution in [0.2, 0.25) is 0 Å². The van der Waals surface area contributed by atoms with Crippen LogP contribution >= 0.6 is 0 Å². The number of fused-ring (bicyclic) bond motifs is 3. The van der Waals surface area contributed by atoms with Crippen molar-refractivity contribution in [2.75, 3.05) is 6.61 Å². The Balaban J connectivity index is 1.24. The van der Waals surface area contributed by atoms with Crippen molar-refractivity contribution in [2.24, 2.45) is 5.92 Å². The quantitative estimate of drug-likeness (QED) is 0.453. The predicted octanol–water partition coefficient (Wildman–Crippen LogP) is 4.84. The van der Waals surface area contributed by atoms with Gasteiger partial charge in [-0.3, -0.25) is 4.79 Å². The molecule has 0 aromatic heterocycles. The highest BCUT2D eigenvalue weighted by molar-refractivity contribution is 5.83. The molecule has 2 amide bonds. The highest BCUT2D eigenvalue weighted by atomic mass is 16.5. The molecule has 1 saturated carbocycles. The normalized spacial score (nSPS) is 19.5. The first-order valence-corrected chi connectivity index (χ1v) is 12.6. The molecule has 0 spiro atoms. The number of amides is 2. The minimum absolute atomic E-state index is 0.0167. The van der Waals surface area contributed by atoms with Gasteiger partial charge in [-0.15, -0.1) is 0 Å². The van der Waals surface area contributed by atoms with Crippen molar-refractivity contribution in [3.63, 3.8) is 0 Å². The van der Waals surface area contributed by atoms with E-state index in [9.17, 15) is 19.5 Å². The van der Waals surface area contributed by atoms with Crippen LogP contribution in [-0.4, -0.2) is 41.8 Å². The van der Waals surface area contributed by atoms with Crippen LogP contribution in [0.25, 0.3) is 11.1 Å². The minimum atomic E-state index is -0.993. The molecule has 0 radical (unpaired) electrons. The van der Waals surface area contributed by atoms with E-state index < -0.39 is 18.1 Å². The van der Waals surface area contributed by atoms with Crippen molar-refractivity contribution in [1.82, 2.24) is 10.6 Å². The molecule has 7 nitrogen and oxygen atoms in total. The number of alkyl carbamates (subject to hydrolysis) is 1. The fourth-order valence-electron chi connectivity index (χ4n) is 5.38. The number of rotatable bonds is 10. The molecule has 4 rings (SSSR count). The molecular weight excluding hydrogens is 444 g/mol. The Hall–Kier alpha value is -3.35. The van der Waals surface area contributed by atoms with Gasteiger partial charge in [0, 0.05) is 18.4 Å². The molecule has 2 aromatic carbocycles. The van der Waals surface area contributed by atoms with E-state index in [1.165, 1.54) is 22.3 Å². The van der Waals surface area contributed by atoms with E-state index in [2.05, 4.69) is 34.9 Å². The molecule has 2 aliphatic carbocycles. The number of hydrogen-bond acceptors (Lipinski definition) is 4. The molecule has 7 heteroatoms. The van der Waals surface area contributed by atoms with Gasteiger partial charge in [0.05, 0.1) is 0 Å². The fourth-order valence-corrected chi connectivity index (χ4v) is 5.38. The van der Waals surface area contributed by atoms with Gasteiger partial charge in [0.2, 0.25) is 5.91 Å². The molecule has 35 heavy (non-hydrogen) atoms. The molecule has 0 bridgehead atoms. The SMILES string of the molecule is CCCC[C@H](NC(=O)CC1CCC(NC(=O)OCC2c3ccccc3-c3ccccc32)C1)C(=O)O. The van der Waals surface area contributed by atoms with Crippen LogP contribution in [0.3, 0.4) is 0 Å². The summed E-state index contributed by atoms with van der Waals surface area (Å²) >= 11 is 0. The molecule has 0 heterocycles. The first-order valence-electron chi connectivity index (χ1n) is 12.6. The highest BCUT2D eigenvalue weighted by Crippen LogP contribution is 2.44. The monoisotopic (exact) mass is 478 g/mol. The molecule has 1 fully saturated rings. The maximum atomic E-state index is 12.6. The molecule has 0 aliphatic heterocycles. The van der Waals surface area contributed by atoms with Crippen LogP contribution in [0.15, 0.2) is 48.5 Å².